The fourth-order valence-electron chi connectivity index (χ4n) is 8.11. The molecule has 26 heavy (non-hydrogen) atoms. The van der Waals surface area contributed by atoms with E-state index in [-0.39, 0.29) is 0 Å². The molecule has 0 amide bonds. The number of rotatable bonds is 1. The maximum atomic E-state index is 10.8. The lowest BCUT2D eigenvalue weighted by Gasteiger charge is -2.57. The molecule has 4 aliphatic rings. The monoisotopic (exact) mass is 351 g/mol. The first-order valence-corrected chi connectivity index (χ1v) is 10.7. The predicted molar refractivity (Wildman–Crippen MR) is 105 cm³/mol. The summed E-state index contributed by atoms with van der Waals surface area (Å²) in [5.41, 5.74) is 3.11. The molecule has 0 aromatic carbocycles. The third kappa shape index (κ3) is 2.24. The molecule has 0 saturated heterocycles. The minimum absolute atomic E-state index is 0.314. The van der Waals surface area contributed by atoms with Crippen molar-refractivity contribution in [3.05, 3.63) is 36.2 Å². The highest BCUT2D eigenvalue weighted by atomic mass is 16.3. The lowest BCUT2D eigenvalue weighted by Crippen LogP contribution is -2.50. The van der Waals surface area contributed by atoms with Crippen molar-refractivity contribution in [1.82, 2.24) is 4.98 Å². The summed E-state index contributed by atoms with van der Waals surface area (Å²) in [6.45, 7) is 7.12. The first-order chi connectivity index (χ1) is 12.3. The van der Waals surface area contributed by atoms with E-state index in [0.29, 0.717) is 10.8 Å². The summed E-state index contributed by atoms with van der Waals surface area (Å²) in [6, 6.07) is 4.32. The van der Waals surface area contributed by atoms with Crippen LogP contribution in [0.25, 0.3) is 5.57 Å². The smallest absolute Gasteiger partial charge is 0.0628 e. The first kappa shape index (κ1) is 17.0. The van der Waals surface area contributed by atoms with Gasteiger partial charge >= 0.3 is 0 Å². The van der Waals surface area contributed by atoms with Crippen molar-refractivity contribution in [2.45, 2.75) is 71.3 Å². The Balaban J connectivity index is 1.46. The van der Waals surface area contributed by atoms with Crippen molar-refractivity contribution < 1.29 is 5.11 Å². The van der Waals surface area contributed by atoms with Crippen molar-refractivity contribution >= 4 is 5.57 Å². The van der Waals surface area contributed by atoms with Crippen LogP contribution in [0, 0.1) is 34.5 Å². The van der Waals surface area contributed by atoms with E-state index in [1.807, 2.05) is 6.20 Å². The molecule has 2 heteroatoms. The van der Waals surface area contributed by atoms with Gasteiger partial charge in [0.2, 0.25) is 0 Å². The molecule has 1 aromatic heterocycles. The Kier molecular flexibility index (Phi) is 3.55. The summed E-state index contributed by atoms with van der Waals surface area (Å²) in [5, 5.41) is 10.8. The van der Waals surface area contributed by atoms with E-state index >= 15 is 0 Å². The van der Waals surface area contributed by atoms with Gasteiger partial charge in [0.15, 0.2) is 0 Å². The van der Waals surface area contributed by atoms with Crippen LogP contribution in [-0.2, 0) is 0 Å². The standard InChI is InChI=1S/C24H33NO/c1-22(26)13-17-6-7-18-20-9-8-19(16-5-4-12-25-14-16)23(20,2)11-10-21(18)24(17,3)15-22/h4-5,8,12,14,17-18,20-21,26H,6-7,9-11,13,15H2,1-3H3/t17?,18-,20-,21-,22?,23+,24-/m0/s1. The lowest BCUT2D eigenvalue weighted by molar-refractivity contribution is -0.0682. The second kappa shape index (κ2) is 5.44. The van der Waals surface area contributed by atoms with Gasteiger partial charge in [0.05, 0.1) is 5.60 Å². The van der Waals surface area contributed by atoms with Crippen LogP contribution in [0.1, 0.15) is 71.3 Å². The van der Waals surface area contributed by atoms with Gasteiger partial charge in [-0.15, -0.1) is 0 Å². The number of pyridine rings is 1. The minimum Gasteiger partial charge on any atom is -0.390 e. The van der Waals surface area contributed by atoms with Crippen LogP contribution in [0.2, 0.25) is 0 Å². The van der Waals surface area contributed by atoms with Gasteiger partial charge in [-0.2, -0.15) is 0 Å². The number of fused-ring (bicyclic) bond motifs is 5. The largest absolute Gasteiger partial charge is 0.390 e. The number of aliphatic hydroxyl groups is 1. The fourth-order valence-corrected chi connectivity index (χ4v) is 8.11. The van der Waals surface area contributed by atoms with Crippen molar-refractivity contribution in [2.75, 3.05) is 0 Å². The van der Waals surface area contributed by atoms with E-state index in [2.05, 4.69) is 50.2 Å². The van der Waals surface area contributed by atoms with Crippen molar-refractivity contribution in [3.8, 4) is 0 Å². The van der Waals surface area contributed by atoms with Gasteiger partial charge in [0, 0.05) is 12.4 Å². The van der Waals surface area contributed by atoms with Crippen LogP contribution in [0.15, 0.2) is 30.6 Å². The Morgan fingerprint density at radius 2 is 1.96 bits per heavy atom. The Hall–Kier alpha value is -1.15. The summed E-state index contributed by atoms with van der Waals surface area (Å²) in [4.78, 5) is 4.38. The molecule has 3 saturated carbocycles. The molecule has 140 valence electrons. The molecule has 1 N–H and O–H groups in total. The molecule has 1 heterocycles. The van der Waals surface area contributed by atoms with Crippen LogP contribution in [0.3, 0.4) is 0 Å². The Labute approximate surface area is 158 Å². The maximum Gasteiger partial charge on any atom is 0.0628 e. The molecule has 5 rings (SSSR count). The Morgan fingerprint density at radius 3 is 2.73 bits per heavy atom. The van der Waals surface area contributed by atoms with Gasteiger partial charge in [0.25, 0.3) is 0 Å². The van der Waals surface area contributed by atoms with Gasteiger partial charge in [-0.05, 0) is 104 Å². The van der Waals surface area contributed by atoms with Gasteiger partial charge in [-0.25, -0.2) is 0 Å². The predicted octanol–water partition coefficient (Wildman–Crippen LogP) is 5.48. The molecule has 1 aromatic rings. The zero-order chi connectivity index (χ0) is 18.2. The van der Waals surface area contributed by atoms with Crippen LogP contribution >= 0.6 is 0 Å². The van der Waals surface area contributed by atoms with Crippen LogP contribution in [-0.4, -0.2) is 15.7 Å². The van der Waals surface area contributed by atoms with Crippen LogP contribution < -0.4 is 0 Å². The number of hydrogen-bond donors (Lipinski definition) is 1. The molecule has 7 atom stereocenters. The number of aromatic nitrogens is 1. The number of hydrogen-bond acceptors (Lipinski definition) is 2. The Bertz CT molecular complexity index is 738. The van der Waals surface area contributed by atoms with Crippen LogP contribution in [0.5, 0.6) is 0 Å². The zero-order valence-corrected chi connectivity index (χ0v) is 16.5. The van der Waals surface area contributed by atoms with E-state index in [1.54, 1.807) is 5.57 Å². The first-order valence-electron chi connectivity index (χ1n) is 10.7. The molecule has 0 radical (unpaired) electrons. The third-order valence-corrected chi connectivity index (χ3v) is 9.07. The number of nitrogens with zero attached hydrogens (tertiary/aromatic N) is 1. The second-order valence-corrected chi connectivity index (χ2v) is 10.6. The van der Waals surface area contributed by atoms with Crippen molar-refractivity contribution in [2.24, 2.45) is 34.5 Å². The van der Waals surface area contributed by atoms with Gasteiger partial charge < -0.3 is 5.11 Å². The molecule has 2 unspecified atom stereocenters. The average Bonchev–Trinajstić information content (AvgIpc) is 3.07. The highest BCUT2D eigenvalue weighted by molar-refractivity contribution is 5.72. The lowest BCUT2D eigenvalue weighted by atomic mass is 9.47. The molecular formula is C24H33NO. The molecule has 3 fully saturated rings. The topological polar surface area (TPSA) is 33.1 Å². The van der Waals surface area contributed by atoms with Gasteiger partial charge in [0.1, 0.15) is 0 Å². The molecule has 0 bridgehead atoms. The summed E-state index contributed by atoms with van der Waals surface area (Å²) in [6.07, 6.45) is 15.1. The normalized spacial score (nSPS) is 49.9. The highest BCUT2D eigenvalue weighted by Crippen LogP contribution is 2.69. The highest BCUT2D eigenvalue weighted by Gasteiger charge is 2.61. The quantitative estimate of drug-likeness (QED) is 0.727. The van der Waals surface area contributed by atoms with Crippen LogP contribution in [0.4, 0.5) is 0 Å². The van der Waals surface area contributed by atoms with Crippen molar-refractivity contribution in [1.29, 1.82) is 0 Å². The van der Waals surface area contributed by atoms with E-state index in [0.717, 1.165) is 36.5 Å². The molecular weight excluding hydrogens is 318 g/mol. The molecule has 2 nitrogen and oxygen atoms in total. The van der Waals surface area contributed by atoms with E-state index in [1.165, 1.54) is 37.7 Å². The SMILES string of the molecule is CC1(O)CC2CC[C@@H]3[C@H](CC[C@]4(C)C(c5cccnc5)=CC[C@@H]34)[C@@]2(C)C1. The summed E-state index contributed by atoms with van der Waals surface area (Å²) < 4.78 is 0. The van der Waals surface area contributed by atoms with Gasteiger partial charge in [-0.1, -0.05) is 26.0 Å². The fraction of sp³-hybridized carbons (Fsp3) is 0.708. The summed E-state index contributed by atoms with van der Waals surface area (Å²) in [7, 11) is 0. The zero-order valence-electron chi connectivity index (χ0n) is 16.5. The number of allylic oxidation sites excluding steroid dienone is 2. The maximum absolute atomic E-state index is 10.8. The molecule has 0 spiro atoms. The second-order valence-electron chi connectivity index (χ2n) is 10.6. The van der Waals surface area contributed by atoms with Gasteiger partial charge in [-0.3, -0.25) is 4.98 Å². The summed E-state index contributed by atoms with van der Waals surface area (Å²) >= 11 is 0. The van der Waals surface area contributed by atoms with Crippen molar-refractivity contribution in [3.63, 3.8) is 0 Å². The third-order valence-electron chi connectivity index (χ3n) is 9.07. The van der Waals surface area contributed by atoms with E-state index in [9.17, 15) is 5.11 Å². The molecule has 4 aliphatic carbocycles. The van der Waals surface area contributed by atoms with E-state index < -0.39 is 5.60 Å². The minimum atomic E-state index is -0.441. The average molecular weight is 352 g/mol. The molecule has 0 aliphatic heterocycles. The van der Waals surface area contributed by atoms with E-state index in [4.69, 9.17) is 0 Å². The summed E-state index contributed by atoms with van der Waals surface area (Å²) in [5.74, 6) is 3.14. The Morgan fingerprint density at radius 1 is 1.12 bits per heavy atom.